The average Bonchev–Trinajstić information content (AvgIpc) is 3.14. The fourth-order valence-corrected chi connectivity index (χ4v) is 4.27. The summed E-state index contributed by atoms with van der Waals surface area (Å²) in [7, 11) is 0. The van der Waals surface area contributed by atoms with Crippen molar-refractivity contribution >= 4 is 5.69 Å². The van der Waals surface area contributed by atoms with Crippen LogP contribution in [0.5, 0.6) is 0 Å². The van der Waals surface area contributed by atoms with E-state index >= 15 is 0 Å². The largest absolute Gasteiger partial charge is 0.369 e. The average molecular weight is 354 g/mol. The Kier molecular flexibility index (Phi) is 5.56. The summed E-state index contributed by atoms with van der Waals surface area (Å²) in [6.07, 6.45) is 3.80. The van der Waals surface area contributed by atoms with Crippen LogP contribution in [0.3, 0.4) is 0 Å². The van der Waals surface area contributed by atoms with Gasteiger partial charge in [-0.15, -0.1) is 0 Å². The lowest BCUT2D eigenvalue weighted by molar-refractivity contribution is 0.118. The summed E-state index contributed by atoms with van der Waals surface area (Å²) in [5, 5.41) is 4.29. The van der Waals surface area contributed by atoms with Crippen LogP contribution in [0.25, 0.3) is 0 Å². The van der Waals surface area contributed by atoms with E-state index in [2.05, 4.69) is 56.3 Å². The summed E-state index contributed by atoms with van der Waals surface area (Å²) < 4.78 is 5.32. The Morgan fingerprint density at radius 3 is 2.54 bits per heavy atom. The highest BCUT2D eigenvalue weighted by Crippen LogP contribution is 2.30. The SMILES string of the molecule is Cc1cc([C@@H]2CCCCN2CCN2CCN(c3ccccc3)CC2)no1. The standard InChI is InChI=1S/C21H30N4O/c1-18-17-20(22-26-18)21-9-5-6-10-25(21)16-13-23-11-14-24(15-12-23)19-7-3-2-4-8-19/h2-4,7-8,17,21H,5-6,9-16H2,1H3/t21-/m0/s1. The second-order valence-corrected chi connectivity index (χ2v) is 7.57. The first-order valence-corrected chi connectivity index (χ1v) is 9.99. The van der Waals surface area contributed by atoms with Crippen LogP contribution in [0.2, 0.25) is 0 Å². The molecule has 140 valence electrons. The normalized spacial score (nSPS) is 22.7. The highest BCUT2D eigenvalue weighted by Gasteiger charge is 2.27. The molecule has 2 aromatic rings. The minimum Gasteiger partial charge on any atom is -0.369 e. The fourth-order valence-electron chi connectivity index (χ4n) is 4.27. The van der Waals surface area contributed by atoms with Crippen LogP contribution >= 0.6 is 0 Å². The Balaban J connectivity index is 1.28. The Hall–Kier alpha value is -1.85. The predicted octanol–water partition coefficient (Wildman–Crippen LogP) is 3.33. The number of aryl methyl sites for hydroxylation is 1. The topological polar surface area (TPSA) is 35.8 Å². The Labute approximate surface area is 156 Å². The lowest BCUT2D eigenvalue weighted by atomic mass is 9.99. The minimum absolute atomic E-state index is 0.437. The molecule has 1 atom stereocenters. The molecular formula is C21H30N4O. The number of rotatable bonds is 5. The zero-order valence-corrected chi connectivity index (χ0v) is 15.8. The molecule has 2 aliphatic heterocycles. The van der Waals surface area contributed by atoms with E-state index in [1.54, 1.807) is 0 Å². The number of likely N-dealkylation sites (tertiary alicyclic amines) is 1. The molecule has 0 spiro atoms. The van der Waals surface area contributed by atoms with Crippen LogP contribution in [0.1, 0.15) is 36.8 Å². The molecule has 0 amide bonds. The van der Waals surface area contributed by atoms with E-state index in [1.165, 1.54) is 31.5 Å². The van der Waals surface area contributed by atoms with Crippen molar-refractivity contribution in [2.75, 3.05) is 50.7 Å². The predicted molar refractivity (Wildman–Crippen MR) is 105 cm³/mol. The molecule has 5 heteroatoms. The zero-order chi connectivity index (χ0) is 17.8. The van der Waals surface area contributed by atoms with Gasteiger partial charge in [-0.2, -0.15) is 0 Å². The molecule has 1 aromatic carbocycles. The van der Waals surface area contributed by atoms with Crippen LogP contribution < -0.4 is 4.90 Å². The molecule has 2 fully saturated rings. The number of piperidine rings is 1. The van der Waals surface area contributed by atoms with Gasteiger partial charge in [-0.3, -0.25) is 9.80 Å². The van der Waals surface area contributed by atoms with Crippen molar-refractivity contribution in [3.05, 3.63) is 47.9 Å². The molecule has 0 aliphatic carbocycles. The number of aromatic nitrogens is 1. The number of nitrogens with zero attached hydrogens (tertiary/aromatic N) is 4. The summed E-state index contributed by atoms with van der Waals surface area (Å²) in [6, 6.07) is 13.3. The number of hydrogen-bond donors (Lipinski definition) is 0. The first-order chi connectivity index (χ1) is 12.8. The van der Waals surface area contributed by atoms with E-state index in [1.807, 2.05) is 6.92 Å². The zero-order valence-electron chi connectivity index (χ0n) is 15.8. The monoisotopic (exact) mass is 354 g/mol. The third-order valence-corrected chi connectivity index (χ3v) is 5.80. The molecule has 26 heavy (non-hydrogen) atoms. The van der Waals surface area contributed by atoms with Crippen LogP contribution in [0.4, 0.5) is 5.69 Å². The van der Waals surface area contributed by atoms with E-state index in [9.17, 15) is 0 Å². The van der Waals surface area contributed by atoms with Crippen LogP contribution in [-0.2, 0) is 0 Å². The van der Waals surface area contributed by atoms with E-state index in [0.29, 0.717) is 6.04 Å². The quantitative estimate of drug-likeness (QED) is 0.823. The molecule has 0 N–H and O–H groups in total. The highest BCUT2D eigenvalue weighted by atomic mass is 16.5. The Bertz CT molecular complexity index is 678. The van der Waals surface area contributed by atoms with Crippen molar-refractivity contribution in [2.45, 2.75) is 32.2 Å². The van der Waals surface area contributed by atoms with Crippen molar-refractivity contribution in [3.8, 4) is 0 Å². The first-order valence-electron chi connectivity index (χ1n) is 9.99. The molecule has 5 nitrogen and oxygen atoms in total. The van der Waals surface area contributed by atoms with Crippen molar-refractivity contribution in [3.63, 3.8) is 0 Å². The van der Waals surface area contributed by atoms with Crippen molar-refractivity contribution in [2.24, 2.45) is 0 Å². The molecule has 4 rings (SSSR count). The molecule has 1 aromatic heterocycles. The number of anilines is 1. The highest BCUT2D eigenvalue weighted by molar-refractivity contribution is 5.46. The molecule has 0 radical (unpaired) electrons. The van der Waals surface area contributed by atoms with Crippen molar-refractivity contribution in [1.29, 1.82) is 0 Å². The smallest absolute Gasteiger partial charge is 0.133 e. The maximum Gasteiger partial charge on any atom is 0.133 e. The summed E-state index contributed by atoms with van der Waals surface area (Å²) in [4.78, 5) is 7.72. The van der Waals surface area contributed by atoms with Crippen LogP contribution in [0.15, 0.2) is 40.9 Å². The van der Waals surface area contributed by atoms with Crippen molar-refractivity contribution < 1.29 is 4.52 Å². The summed E-state index contributed by atoms with van der Waals surface area (Å²) in [5.41, 5.74) is 2.47. The lowest BCUT2D eigenvalue weighted by Gasteiger charge is -2.39. The van der Waals surface area contributed by atoms with Gasteiger partial charge in [-0.25, -0.2) is 0 Å². The third kappa shape index (κ3) is 4.10. The van der Waals surface area contributed by atoms with Gasteiger partial charge in [-0.05, 0) is 38.4 Å². The van der Waals surface area contributed by atoms with E-state index in [-0.39, 0.29) is 0 Å². The van der Waals surface area contributed by atoms with Crippen LogP contribution in [0, 0.1) is 6.92 Å². The Morgan fingerprint density at radius 1 is 1.00 bits per heavy atom. The second kappa shape index (κ2) is 8.23. The van der Waals surface area contributed by atoms with Gasteiger partial charge >= 0.3 is 0 Å². The second-order valence-electron chi connectivity index (χ2n) is 7.57. The minimum atomic E-state index is 0.437. The van der Waals surface area contributed by atoms with Crippen LogP contribution in [-0.4, -0.2) is 60.8 Å². The lowest BCUT2D eigenvalue weighted by Crippen LogP contribution is -2.49. The van der Waals surface area contributed by atoms with Gasteiger partial charge in [0, 0.05) is 51.0 Å². The first kappa shape index (κ1) is 17.6. The molecule has 3 heterocycles. The molecule has 0 unspecified atom stereocenters. The molecule has 2 saturated heterocycles. The van der Waals surface area contributed by atoms with Gasteiger partial charge in [0.2, 0.25) is 0 Å². The Morgan fingerprint density at radius 2 is 1.81 bits per heavy atom. The summed E-state index contributed by atoms with van der Waals surface area (Å²) in [6.45, 7) is 9.98. The van der Waals surface area contributed by atoms with E-state index in [4.69, 9.17) is 4.52 Å². The molecule has 0 bridgehead atoms. The summed E-state index contributed by atoms with van der Waals surface area (Å²) >= 11 is 0. The number of benzene rings is 1. The van der Waals surface area contributed by atoms with Gasteiger partial charge < -0.3 is 9.42 Å². The fraction of sp³-hybridized carbons (Fsp3) is 0.571. The molecule has 0 saturated carbocycles. The van der Waals surface area contributed by atoms with Crippen molar-refractivity contribution in [1.82, 2.24) is 15.0 Å². The number of piperazine rings is 1. The summed E-state index contributed by atoms with van der Waals surface area (Å²) in [5.74, 6) is 0.919. The van der Waals surface area contributed by atoms with E-state index < -0.39 is 0 Å². The third-order valence-electron chi connectivity index (χ3n) is 5.80. The maximum atomic E-state index is 5.32. The van der Waals surface area contributed by atoms with E-state index in [0.717, 1.165) is 50.7 Å². The van der Waals surface area contributed by atoms with Gasteiger partial charge in [0.25, 0.3) is 0 Å². The molecule has 2 aliphatic rings. The van der Waals surface area contributed by atoms with Gasteiger partial charge in [0.1, 0.15) is 11.5 Å². The number of para-hydroxylation sites is 1. The van der Waals surface area contributed by atoms with Gasteiger partial charge in [0.15, 0.2) is 0 Å². The molecular weight excluding hydrogens is 324 g/mol. The van der Waals surface area contributed by atoms with Gasteiger partial charge in [-0.1, -0.05) is 29.8 Å². The van der Waals surface area contributed by atoms with Gasteiger partial charge in [0.05, 0.1) is 6.04 Å². The number of hydrogen-bond acceptors (Lipinski definition) is 5. The maximum absolute atomic E-state index is 5.32.